The Balaban J connectivity index is 4.27. The molecule has 3 N–H and O–H groups in total. The van der Waals surface area contributed by atoms with Crippen molar-refractivity contribution in [1.82, 2.24) is 0 Å². The molecule has 0 aromatic heterocycles. The van der Waals surface area contributed by atoms with Gasteiger partial charge in [-0.15, -0.1) is 0 Å². The first-order chi connectivity index (χ1) is 24.3. The maximum absolute atomic E-state index is 12.5. The zero-order chi connectivity index (χ0) is 36.8. The summed E-state index contributed by atoms with van der Waals surface area (Å²) < 4.78 is 32.6. The van der Waals surface area contributed by atoms with E-state index in [1.807, 2.05) is 0 Å². The summed E-state index contributed by atoms with van der Waals surface area (Å²) in [6.45, 7) is 3.66. The summed E-state index contributed by atoms with van der Waals surface area (Å²) >= 11 is 0. The van der Waals surface area contributed by atoms with Crippen molar-refractivity contribution >= 4 is 19.8 Å². The average Bonchev–Trinajstić information content (AvgIpc) is 3.10. The van der Waals surface area contributed by atoms with Crippen molar-refractivity contribution in [2.45, 2.75) is 180 Å². The molecule has 0 radical (unpaired) electrons. The van der Waals surface area contributed by atoms with E-state index in [-0.39, 0.29) is 32.6 Å². The Morgan fingerprint density at radius 3 is 1.60 bits per heavy atom. The van der Waals surface area contributed by atoms with E-state index in [1.54, 1.807) is 0 Å². The number of hydrogen-bond acceptors (Lipinski definition) is 8. The van der Waals surface area contributed by atoms with Crippen molar-refractivity contribution in [3.8, 4) is 0 Å². The molecule has 0 aliphatic carbocycles. The van der Waals surface area contributed by atoms with Crippen LogP contribution in [0.1, 0.15) is 174 Å². The van der Waals surface area contributed by atoms with Gasteiger partial charge < -0.3 is 20.1 Å². The van der Waals surface area contributed by atoms with Crippen LogP contribution in [0.2, 0.25) is 0 Å². The van der Waals surface area contributed by atoms with Crippen molar-refractivity contribution in [3.05, 3.63) is 36.5 Å². The molecule has 0 saturated carbocycles. The van der Waals surface area contributed by atoms with Crippen LogP contribution in [0, 0.1) is 0 Å². The predicted molar refractivity (Wildman–Crippen MR) is 206 cm³/mol. The lowest BCUT2D eigenvalue weighted by Crippen LogP contribution is -2.29. The number of carbonyl (C=O) groups excluding carboxylic acids is 2. The second kappa shape index (κ2) is 37.0. The molecule has 0 aliphatic heterocycles. The molecule has 0 aromatic carbocycles. The number of ether oxygens (including phenoxy) is 2. The zero-order valence-electron chi connectivity index (χ0n) is 31.9. The second-order valence-electron chi connectivity index (χ2n) is 13.2. The summed E-state index contributed by atoms with van der Waals surface area (Å²) in [7, 11) is -4.38. The molecular formula is C40H74NO8P. The highest BCUT2D eigenvalue weighted by atomic mass is 31.2. The van der Waals surface area contributed by atoms with E-state index in [9.17, 15) is 19.0 Å². The maximum Gasteiger partial charge on any atom is 0.472 e. The first-order valence-corrected chi connectivity index (χ1v) is 21.5. The van der Waals surface area contributed by atoms with Gasteiger partial charge >= 0.3 is 19.8 Å². The fraction of sp³-hybridized carbons (Fsp3) is 0.800. The predicted octanol–water partition coefficient (Wildman–Crippen LogP) is 11.0. The Kier molecular flexibility index (Phi) is 35.7. The number of unbranched alkanes of at least 4 members (excludes halogenated alkanes) is 18. The Hall–Kier alpha value is -1.77. The fourth-order valence-electron chi connectivity index (χ4n) is 5.30. The van der Waals surface area contributed by atoms with Crippen LogP contribution in [0.15, 0.2) is 36.5 Å². The van der Waals surface area contributed by atoms with Gasteiger partial charge in [0.25, 0.3) is 0 Å². The lowest BCUT2D eigenvalue weighted by atomic mass is 10.0. The molecule has 0 heterocycles. The Bertz CT molecular complexity index is 923. The fourth-order valence-corrected chi connectivity index (χ4v) is 6.06. The van der Waals surface area contributed by atoms with Gasteiger partial charge in [-0.05, 0) is 44.9 Å². The van der Waals surface area contributed by atoms with Crippen LogP contribution in [0.3, 0.4) is 0 Å². The average molecular weight is 728 g/mol. The molecule has 2 atom stereocenters. The van der Waals surface area contributed by atoms with Crippen molar-refractivity contribution in [3.63, 3.8) is 0 Å². The highest BCUT2D eigenvalue weighted by Crippen LogP contribution is 2.43. The number of nitrogens with two attached hydrogens (primary N) is 1. The van der Waals surface area contributed by atoms with Gasteiger partial charge in [0, 0.05) is 19.4 Å². The lowest BCUT2D eigenvalue weighted by Gasteiger charge is -2.19. The van der Waals surface area contributed by atoms with E-state index >= 15 is 0 Å². The third-order valence-electron chi connectivity index (χ3n) is 8.28. The minimum atomic E-state index is -4.38. The van der Waals surface area contributed by atoms with Crippen LogP contribution in [0.25, 0.3) is 0 Å². The molecule has 0 amide bonds. The van der Waals surface area contributed by atoms with E-state index in [2.05, 4.69) is 50.3 Å². The van der Waals surface area contributed by atoms with Crippen LogP contribution in [-0.2, 0) is 32.7 Å². The number of allylic oxidation sites excluding steroid dienone is 6. The molecule has 0 spiro atoms. The van der Waals surface area contributed by atoms with Crippen LogP contribution < -0.4 is 5.73 Å². The van der Waals surface area contributed by atoms with Crippen LogP contribution >= 0.6 is 7.82 Å². The van der Waals surface area contributed by atoms with E-state index in [4.69, 9.17) is 24.3 Å². The Morgan fingerprint density at radius 1 is 0.600 bits per heavy atom. The normalized spacial score (nSPS) is 13.8. The Morgan fingerprint density at radius 2 is 1.06 bits per heavy atom. The SMILES string of the molecule is CCCCCCCCC=CCC=CCC=CCCCC(=O)OCC(COP(=O)(O)OCCN)OC(=O)CCCCCCCCCCCCCC. The second-order valence-corrected chi connectivity index (χ2v) is 14.6. The highest BCUT2D eigenvalue weighted by molar-refractivity contribution is 7.47. The van der Waals surface area contributed by atoms with Gasteiger partial charge in [-0.3, -0.25) is 18.6 Å². The van der Waals surface area contributed by atoms with Gasteiger partial charge in [-0.25, -0.2) is 4.57 Å². The molecule has 0 saturated heterocycles. The third kappa shape index (κ3) is 36.0. The van der Waals surface area contributed by atoms with Crippen molar-refractivity contribution in [2.75, 3.05) is 26.4 Å². The largest absolute Gasteiger partial charge is 0.472 e. The van der Waals surface area contributed by atoms with Gasteiger partial charge in [0.2, 0.25) is 0 Å². The summed E-state index contributed by atoms with van der Waals surface area (Å²) in [5, 5.41) is 0. The molecule has 50 heavy (non-hydrogen) atoms. The zero-order valence-corrected chi connectivity index (χ0v) is 32.8. The summed E-state index contributed by atoms with van der Waals surface area (Å²) in [5.74, 6) is -0.889. The summed E-state index contributed by atoms with van der Waals surface area (Å²) in [4.78, 5) is 34.7. The van der Waals surface area contributed by atoms with E-state index in [0.29, 0.717) is 12.8 Å². The monoisotopic (exact) mass is 728 g/mol. The quantitative estimate of drug-likeness (QED) is 0.0277. The van der Waals surface area contributed by atoms with Crippen LogP contribution in [0.5, 0.6) is 0 Å². The summed E-state index contributed by atoms with van der Waals surface area (Å²) in [5.41, 5.74) is 5.33. The first-order valence-electron chi connectivity index (χ1n) is 20.0. The molecule has 292 valence electrons. The number of esters is 2. The van der Waals surface area contributed by atoms with Crippen molar-refractivity contribution in [2.24, 2.45) is 5.73 Å². The van der Waals surface area contributed by atoms with Gasteiger partial charge in [-0.1, -0.05) is 153 Å². The van der Waals surface area contributed by atoms with Crippen LogP contribution in [-0.4, -0.2) is 49.3 Å². The smallest absolute Gasteiger partial charge is 0.462 e. The molecule has 0 fully saturated rings. The number of phosphoric acid groups is 1. The molecule has 0 aliphatic rings. The van der Waals surface area contributed by atoms with Gasteiger partial charge in [0.15, 0.2) is 6.10 Å². The lowest BCUT2D eigenvalue weighted by molar-refractivity contribution is -0.161. The standard InChI is InChI=1S/C40H74NO8P/c1-3-5-7-9-11-13-15-17-18-19-20-21-23-24-26-28-30-32-39(42)46-36-38(37-48-50(44,45)47-35-34-41)49-40(43)33-31-29-27-25-22-16-14-12-10-8-6-4-2/h17-18,20-21,24,26,38H,3-16,19,22-23,25,27-37,41H2,1-2H3,(H,44,45). The van der Waals surface area contributed by atoms with Gasteiger partial charge in [-0.2, -0.15) is 0 Å². The number of hydrogen-bond donors (Lipinski definition) is 2. The number of carbonyl (C=O) groups is 2. The highest BCUT2D eigenvalue weighted by Gasteiger charge is 2.25. The number of rotatable bonds is 37. The van der Waals surface area contributed by atoms with E-state index in [0.717, 1.165) is 44.9 Å². The summed E-state index contributed by atoms with van der Waals surface area (Å²) in [6.07, 6.45) is 39.0. The maximum atomic E-state index is 12.5. The minimum Gasteiger partial charge on any atom is -0.462 e. The van der Waals surface area contributed by atoms with Crippen molar-refractivity contribution < 1.29 is 37.6 Å². The molecule has 0 aromatic rings. The van der Waals surface area contributed by atoms with Gasteiger partial charge in [0.1, 0.15) is 6.61 Å². The number of phosphoric ester groups is 1. The molecule has 0 bridgehead atoms. The molecule has 0 rings (SSSR count). The van der Waals surface area contributed by atoms with Crippen molar-refractivity contribution in [1.29, 1.82) is 0 Å². The van der Waals surface area contributed by atoms with E-state index in [1.165, 1.54) is 89.9 Å². The van der Waals surface area contributed by atoms with Gasteiger partial charge in [0.05, 0.1) is 13.2 Å². The summed E-state index contributed by atoms with van der Waals surface area (Å²) in [6, 6.07) is 0. The minimum absolute atomic E-state index is 0.0475. The topological polar surface area (TPSA) is 134 Å². The van der Waals surface area contributed by atoms with Crippen LogP contribution in [0.4, 0.5) is 0 Å². The Labute approximate surface area is 305 Å². The molecule has 10 heteroatoms. The first kappa shape index (κ1) is 48.2. The molecular weight excluding hydrogens is 653 g/mol. The third-order valence-corrected chi connectivity index (χ3v) is 9.26. The molecule has 9 nitrogen and oxygen atoms in total. The molecule has 2 unspecified atom stereocenters. The van der Waals surface area contributed by atoms with E-state index < -0.39 is 32.5 Å².